The van der Waals surface area contributed by atoms with Gasteiger partial charge in [-0.3, -0.25) is 14.5 Å². The average molecular weight is 491 g/mol. The zero-order valence-corrected chi connectivity index (χ0v) is 21.3. The highest BCUT2D eigenvalue weighted by Gasteiger charge is 2.42. The van der Waals surface area contributed by atoms with Crippen molar-refractivity contribution in [1.82, 2.24) is 9.80 Å². The standard InChI is InChI=1S/C29H34N2O5/c1-4-13-35-22-8-5-7-21(18-22)26-25-27(32)23-16-19(2)20(3)17-24(23)36-28(25)29(33)31(26)10-6-9-30-11-14-34-15-12-30/h5,7-8,16-18,26H,4,6,9-15H2,1-3H3/t26-/m1/s1. The van der Waals surface area contributed by atoms with Crippen LogP contribution in [0.1, 0.15) is 58.6 Å². The minimum absolute atomic E-state index is 0.136. The van der Waals surface area contributed by atoms with Crippen LogP contribution in [0, 0.1) is 13.8 Å². The molecule has 1 aromatic heterocycles. The third-order valence-corrected chi connectivity index (χ3v) is 7.21. The topological polar surface area (TPSA) is 72.2 Å². The van der Waals surface area contributed by atoms with Crippen molar-refractivity contribution in [3.05, 3.63) is 74.6 Å². The minimum atomic E-state index is -0.510. The summed E-state index contributed by atoms with van der Waals surface area (Å²) in [5.74, 6) is 0.668. The summed E-state index contributed by atoms with van der Waals surface area (Å²) in [6.45, 7) is 11.3. The Bertz CT molecular complexity index is 1330. The molecule has 0 N–H and O–H groups in total. The van der Waals surface area contributed by atoms with Crippen LogP contribution in [0.2, 0.25) is 0 Å². The van der Waals surface area contributed by atoms with E-state index >= 15 is 0 Å². The zero-order valence-electron chi connectivity index (χ0n) is 21.3. The normalized spacial score (nSPS) is 18.1. The fraction of sp³-hybridized carbons (Fsp3) is 0.448. The highest BCUT2D eigenvalue weighted by Crippen LogP contribution is 2.39. The summed E-state index contributed by atoms with van der Waals surface area (Å²) in [6, 6.07) is 11.0. The van der Waals surface area contributed by atoms with Crippen molar-refractivity contribution in [3.63, 3.8) is 0 Å². The van der Waals surface area contributed by atoms with E-state index in [1.54, 1.807) is 4.90 Å². The Hall–Kier alpha value is -3.16. The van der Waals surface area contributed by atoms with Crippen LogP contribution < -0.4 is 10.2 Å². The molecule has 2 aliphatic heterocycles. The van der Waals surface area contributed by atoms with Crippen molar-refractivity contribution in [1.29, 1.82) is 0 Å². The van der Waals surface area contributed by atoms with E-state index in [1.165, 1.54) is 0 Å². The maximum absolute atomic E-state index is 13.8. The number of ether oxygens (including phenoxy) is 2. The summed E-state index contributed by atoms with van der Waals surface area (Å²) < 4.78 is 17.5. The SMILES string of the molecule is CCCOc1cccc([C@@H]2c3c(oc4cc(C)c(C)cc4c3=O)C(=O)N2CCCN2CCOCC2)c1. The third-order valence-electron chi connectivity index (χ3n) is 7.21. The highest BCUT2D eigenvalue weighted by atomic mass is 16.5. The summed E-state index contributed by atoms with van der Waals surface area (Å²) in [6.07, 6.45) is 1.70. The molecule has 1 atom stereocenters. The zero-order chi connectivity index (χ0) is 25.2. The molecule has 0 spiro atoms. The van der Waals surface area contributed by atoms with E-state index in [4.69, 9.17) is 13.9 Å². The van der Waals surface area contributed by atoms with Crippen molar-refractivity contribution in [2.75, 3.05) is 46.0 Å². The first-order valence-corrected chi connectivity index (χ1v) is 12.9. The first kappa shape index (κ1) is 24.5. The summed E-state index contributed by atoms with van der Waals surface area (Å²) in [4.78, 5) is 31.7. The van der Waals surface area contributed by atoms with Crippen LogP contribution in [-0.2, 0) is 4.74 Å². The van der Waals surface area contributed by atoms with E-state index in [-0.39, 0.29) is 17.1 Å². The van der Waals surface area contributed by atoms with E-state index < -0.39 is 6.04 Å². The number of carbonyl (C=O) groups excluding carboxylic acids is 1. The Kier molecular flexibility index (Phi) is 7.12. The smallest absolute Gasteiger partial charge is 0.290 e. The molecule has 0 saturated carbocycles. The van der Waals surface area contributed by atoms with E-state index in [2.05, 4.69) is 11.8 Å². The average Bonchev–Trinajstić information content (AvgIpc) is 3.16. The van der Waals surface area contributed by atoms with Gasteiger partial charge < -0.3 is 18.8 Å². The summed E-state index contributed by atoms with van der Waals surface area (Å²) >= 11 is 0. The number of aryl methyl sites for hydroxylation is 2. The number of amides is 1. The molecule has 2 aromatic carbocycles. The first-order chi connectivity index (χ1) is 17.5. The fourth-order valence-corrected chi connectivity index (χ4v) is 5.14. The molecule has 190 valence electrons. The van der Waals surface area contributed by atoms with Gasteiger partial charge in [-0.15, -0.1) is 0 Å². The van der Waals surface area contributed by atoms with Gasteiger partial charge in [0, 0.05) is 26.2 Å². The predicted molar refractivity (Wildman–Crippen MR) is 139 cm³/mol. The molecule has 3 heterocycles. The number of benzene rings is 2. The maximum atomic E-state index is 13.8. The Labute approximate surface area is 211 Å². The largest absolute Gasteiger partial charge is 0.494 e. The van der Waals surface area contributed by atoms with Gasteiger partial charge in [0.25, 0.3) is 5.91 Å². The van der Waals surface area contributed by atoms with E-state index in [0.29, 0.717) is 29.7 Å². The Morgan fingerprint density at radius 1 is 1.03 bits per heavy atom. The van der Waals surface area contributed by atoms with Crippen LogP contribution in [0.15, 0.2) is 45.6 Å². The Morgan fingerprint density at radius 2 is 1.81 bits per heavy atom. The van der Waals surface area contributed by atoms with E-state index in [9.17, 15) is 9.59 Å². The number of nitrogens with zero attached hydrogens (tertiary/aromatic N) is 2. The highest BCUT2D eigenvalue weighted by molar-refractivity contribution is 5.99. The molecule has 7 nitrogen and oxygen atoms in total. The lowest BCUT2D eigenvalue weighted by Gasteiger charge is -2.29. The van der Waals surface area contributed by atoms with Crippen LogP contribution in [0.4, 0.5) is 0 Å². The lowest BCUT2D eigenvalue weighted by atomic mass is 9.97. The van der Waals surface area contributed by atoms with E-state index in [0.717, 1.165) is 68.1 Å². The summed E-state index contributed by atoms with van der Waals surface area (Å²) in [5.41, 5.74) is 3.66. The van der Waals surface area contributed by atoms with E-state index in [1.807, 2.05) is 50.2 Å². The Balaban J connectivity index is 1.55. The molecule has 1 amide bonds. The summed E-state index contributed by atoms with van der Waals surface area (Å²) in [7, 11) is 0. The number of carbonyl (C=O) groups is 1. The van der Waals surface area contributed by atoms with Gasteiger partial charge in [0.15, 0.2) is 5.43 Å². The lowest BCUT2D eigenvalue weighted by Crippen LogP contribution is -2.38. The maximum Gasteiger partial charge on any atom is 0.290 e. The summed E-state index contributed by atoms with van der Waals surface area (Å²) in [5, 5.41) is 0.517. The Morgan fingerprint density at radius 3 is 2.58 bits per heavy atom. The van der Waals surface area contributed by atoms with Gasteiger partial charge >= 0.3 is 0 Å². The van der Waals surface area contributed by atoms with Crippen LogP contribution in [0.25, 0.3) is 11.0 Å². The number of rotatable bonds is 8. The van der Waals surface area contributed by atoms with Crippen molar-refractivity contribution >= 4 is 16.9 Å². The number of hydrogen-bond donors (Lipinski definition) is 0. The van der Waals surface area contributed by atoms with Crippen molar-refractivity contribution in [2.24, 2.45) is 0 Å². The van der Waals surface area contributed by atoms with Gasteiger partial charge in [-0.2, -0.15) is 0 Å². The molecule has 1 saturated heterocycles. The fourth-order valence-electron chi connectivity index (χ4n) is 5.14. The van der Waals surface area contributed by atoms with Crippen LogP contribution in [0.3, 0.4) is 0 Å². The van der Waals surface area contributed by atoms with Gasteiger partial charge in [-0.25, -0.2) is 0 Å². The third kappa shape index (κ3) is 4.65. The van der Waals surface area contributed by atoms with Crippen molar-refractivity contribution in [3.8, 4) is 5.75 Å². The second-order valence-corrected chi connectivity index (χ2v) is 9.74. The van der Waals surface area contributed by atoms with Gasteiger partial charge in [0.05, 0.1) is 36.8 Å². The molecular formula is C29H34N2O5. The predicted octanol–water partition coefficient (Wildman–Crippen LogP) is 4.47. The second kappa shape index (κ2) is 10.4. The van der Waals surface area contributed by atoms with Gasteiger partial charge in [0.2, 0.25) is 5.76 Å². The van der Waals surface area contributed by atoms with Crippen LogP contribution in [0.5, 0.6) is 5.75 Å². The quantitative estimate of drug-likeness (QED) is 0.464. The number of hydrogen-bond acceptors (Lipinski definition) is 6. The van der Waals surface area contributed by atoms with Gasteiger partial charge in [-0.05, 0) is 67.6 Å². The molecule has 0 bridgehead atoms. The molecule has 0 unspecified atom stereocenters. The van der Waals surface area contributed by atoms with Crippen LogP contribution in [-0.4, -0.2) is 61.7 Å². The molecule has 5 rings (SSSR count). The minimum Gasteiger partial charge on any atom is -0.494 e. The van der Waals surface area contributed by atoms with Gasteiger partial charge in [-0.1, -0.05) is 19.1 Å². The monoisotopic (exact) mass is 490 g/mol. The van der Waals surface area contributed by atoms with Crippen molar-refractivity contribution < 1.29 is 18.7 Å². The van der Waals surface area contributed by atoms with Crippen LogP contribution >= 0.6 is 0 Å². The lowest BCUT2D eigenvalue weighted by molar-refractivity contribution is 0.0353. The first-order valence-electron chi connectivity index (χ1n) is 12.9. The molecule has 3 aromatic rings. The number of morpholine rings is 1. The van der Waals surface area contributed by atoms with Crippen molar-refractivity contribution in [2.45, 2.75) is 39.7 Å². The molecule has 0 radical (unpaired) electrons. The molecule has 0 aliphatic carbocycles. The molecule has 1 fully saturated rings. The molecule has 2 aliphatic rings. The number of fused-ring (bicyclic) bond motifs is 2. The molecule has 36 heavy (non-hydrogen) atoms. The molecular weight excluding hydrogens is 456 g/mol. The second-order valence-electron chi connectivity index (χ2n) is 9.74. The molecule has 7 heteroatoms. The van der Waals surface area contributed by atoms with Gasteiger partial charge in [0.1, 0.15) is 11.3 Å².